The van der Waals surface area contributed by atoms with Crippen molar-refractivity contribution in [1.82, 2.24) is 0 Å². The van der Waals surface area contributed by atoms with Gasteiger partial charge in [0, 0.05) is 18.4 Å². The van der Waals surface area contributed by atoms with Crippen molar-refractivity contribution in [3.8, 4) is 5.75 Å². The van der Waals surface area contributed by atoms with E-state index in [-0.39, 0.29) is 23.6 Å². The second-order valence-corrected chi connectivity index (χ2v) is 8.04. The maximum Gasteiger partial charge on any atom is 0.244 e. The number of nitrogens with one attached hydrogen (secondary N) is 1. The van der Waals surface area contributed by atoms with Crippen molar-refractivity contribution in [3.63, 3.8) is 0 Å². The summed E-state index contributed by atoms with van der Waals surface area (Å²) in [5.74, 6) is -0.786. The van der Waals surface area contributed by atoms with Gasteiger partial charge in [0.25, 0.3) is 0 Å². The highest BCUT2D eigenvalue weighted by Gasteiger charge is 2.68. The summed E-state index contributed by atoms with van der Waals surface area (Å²) >= 11 is 0. The quantitative estimate of drug-likeness (QED) is 0.626. The predicted octanol–water partition coefficient (Wildman–Crippen LogP) is 1.11. The molecule has 2 aromatic rings. The SMILES string of the molecule is COc1ccc(N2C(=O)[C@@H]3[C@H](C2=O)[C@H]2CCC[NH+]2[C@@H]3C(=O)c2ccccc2)cc1. The molecule has 0 saturated carbocycles. The van der Waals surface area contributed by atoms with Crippen molar-refractivity contribution >= 4 is 23.3 Å². The van der Waals surface area contributed by atoms with E-state index in [1.54, 1.807) is 43.5 Å². The van der Waals surface area contributed by atoms with E-state index < -0.39 is 17.9 Å². The normalized spacial score (nSPS) is 30.4. The summed E-state index contributed by atoms with van der Waals surface area (Å²) in [4.78, 5) is 42.6. The molecule has 6 heteroatoms. The standard InChI is InChI=1S/C23H22N2O4/c1-29-16-11-9-15(10-12-16)25-22(27)18-17-8-5-13-24(17)20(19(18)23(25)28)21(26)14-6-3-2-4-7-14/h2-4,6-7,9-12,17-20H,5,8,13H2,1H3/p+1/t17-,18-,19-,20+/m1/s1. The number of ether oxygens (including phenoxy) is 1. The number of quaternary nitrogens is 1. The van der Waals surface area contributed by atoms with Gasteiger partial charge in [0.2, 0.25) is 17.6 Å². The number of nitrogens with zero attached hydrogens (tertiary/aromatic N) is 1. The van der Waals surface area contributed by atoms with Crippen molar-refractivity contribution < 1.29 is 24.0 Å². The summed E-state index contributed by atoms with van der Waals surface area (Å²) in [5, 5.41) is 0. The zero-order valence-electron chi connectivity index (χ0n) is 16.2. The van der Waals surface area contributed by atoms with E-state index in [4.69, 9.17) is 4.74 Å². The van der Waals surface area contributed by atoms with Crippen LogP contribution in [0.5, 0.6) is 5.75 Å². The van der Waals surface area contributed by atoms with E-state index in [2.05, 4.69) is 0 Å². The van der Waals surface area contributed by atoms with Crippen LogP contribution < -0.4 is 14.5 Å². The van der Waals surface area contributed by atoms with Crippen molar-refractivity contribution in [1.29, 1.82) is 0 Å². The number of Topliss-reactive ketones (excluding diaryl/α,β-unsaturated/α-hetero) is 1. The Kier molecular flexibility index (Phi) is 4.24. The van der Waals surface area contributed by atoms with E-state index in [0.717, 1.165) is 24.3 Å². The molecule has 3 fully saturated rings. The van der Waals surface area contributed by atoms with Crippen molar-refractivity contribution in [2.45, 2.75) is 24.9 Å². The van der Waals surface area contributed by atoms with E-state index in [1.807, 2.05) is 18.2 Å². The number of hydrogen-bond donors (Lipinski definition) is 1. The van der Waals surface area contributed by atoms with Gasteiger partial charge < -0.3 is 9.64 Å². The van der Waals surface area contributed by atoms with Crippen LogP contribution in [-0.4, -0.2) is 43.3 Å². The number of carbonyl (C=O) groups excluding carboxylic acids is 3. The highest BCUT2D eigenvalue weighted by atomic mass is 16.5. The molecule has 6 nitrogen and oxygen atoms in total. The number of hydrogen-bond acceptors (Lipinski definition) is 4. The summed E-state index contributed by atoms with van der Waals surface area (Å²) in [5.41, 5.74) is 1.15. The zero-order valence-corrected chi connectivity index (χ0v) is 16.2. The molecular formula is C23H23N2O4+. The molecule has 3 heterocycles. The maximum absolute atomic E-state index is 13.4. The van der Waals surface area contributed by atoms with Crippen LogP contribution in [0.2, 0.25) is 0 Å². The smallest absolute Gasteiger partial charge is 0.244 e. The number of methoxy groups -OCH3 is 1. The van der Waals surface area contributed by atoms with E-state index >= 15 is 0 Å². The van der Waals surface area contributed by atoms with Gasteiger partial charge in [-0.2, -0.15) is 0 Å². The number of amides is 2. The number of anilines is 1. The Hall–Kier alpha value is -2.99. The minimum absolute atomic E-state index is 0.0299. The van der Waals surface area contributed by atoms with Gasteiger partial charge >= 0.3 is 0 Å². The molecule has 148 valence electrons. The van der Waals surface area contributed by atoms with Crippen LogP contribution in [0.1, 0.15) is 23.2 Å². The van der Waals surface area contributed by atoms with Gasteiger partial charge in [0.15, 0.2) is 6.04 Å². The second kappa shape index (κ2) is 6.81. The Morgan fingerprint density at radius 1 is 1.00 bits per heavy atom. The molecule has 1 N–H and O–H groups in total. The number of rotatable bonds is 4. The van der Waals surface area contributed by atoms with Crippen LogP contribution >= 0.6 is 0 Å². The molecule has 3 aliphatic heterocycles. The van der Waals surface area contributed by atoms with Crippen LogP contribution in [0.25, 0.3) is 0 Å². The lowest BCUT2D eigenvalue weighted by Crippen LogP contribution is -3.16. The first-order valence-corrected chi connectivity index (χ1v) is 10.1. The minimum atomic E-state index is -0.586. The maximum atomic E-state index is 13.4. The Balaban J connectivity index is 1.53. The second-order valence-electron chi connectivity index (χ2n) is 8.04. The summed E-state index contributed by atoms with van der Waals surface area (Å²) in [6, 6.07) is 15.6. The first-order chi connectivity index (χ1) is 14.1. The fraction of sp³-hybridized carbons (Fsp3) is 0.348. The minimum Gasteiger partial charge on any atom is -0.497 e. The molecular weight excluding hydrogens is 368 g/mol. The molecule has 1 unspecified atom stereocenters. The molecule has 0 bridgehead atoms. The first-order valence-electron chi connectivity index (χ1n) is 10.1. The fourth-order valence-electron chi connectivity index (χ4n) is 5.51. The molecule has 2 aromatic carbocycles. The molecule has 0 aliphatic carbocycles. The number of fused-ring (bicyclic) bond motifs is 3. The van der Waals surface area contributed by atoms with Gasteiger partial charge in [0.05, 0.1) is 19.3 Å². The molecule has 2 amide bonds. The summed E-state index contributed by atoms with van der Waals surface area (Å²) < 4.78 is 5.18. The van der Waals surface area contributed by atoms with Gasteiger partial charge in [-0.25, -0.2) is 4.90 Å². The largest absolute Gasteiger partial charge is 0.497 e. The number of imide groups is 1. The molecule has 5 atom stereocenters. The van der Waals surface area contributed by atoms with Crippen LogP contribution in [0.4, 0.5) is 5.69 Å². The average Bonchev–Trinajstić information content (AvgIpc) is 3.40. The van der Waals surface area contributed by atoms with Crippen molar-refractivity contribution in [2.24, 2.45) is 11.8 Å². The molecule has 0 radical (unpaired) electrons. The fourth-order valence-corrected chi connectivity index (χ4v) is 5.51. The van der Waals surface area contributed by atoms with Gasteiger partial charge in [0.1, 0.15) is 23.6 Å². The van der Waals surface area contributed by atoms with Crippen molar-refractivity contribution in [2.75, 3.05) is 18.6 Å². The number of benzene rings is 2. The summed E-state index contributed by atoms with van der Waals surface area (Å²) in [6.07, 6.45) is 1.86. The third kappa shape index (κ3) is 2.63. The van der Waals surface area contributed by atoms with Gasteiger partial charge in [-0.3, -0.25) is 14.4 Å². The lowest BCUT2D eigenvalue weighted by molar-refractivity contribution is -0.915. The lowest BCUT2D eigenvalue weighted by atomic mass is 9.85. The van der Waals surface area contributed by atoms with Crippen LogP contribution in [0.15, 0.2) is 54.6 Å². The number of ketones is 1. The zero-order chi connectivity index (χ0) is 20.1. The van der Waals surface area contributed by atoms with Crippen LogP contribution in [0.3, 0.4) is 0 Å². The Labute approximate surface area is 169 Å². The molecule has 29 heavy (non-hydrogen) atoms. The molecule has 0 spiro atoms. The van der Waals surface area contributed by atoms with Gasteiger partial charge in [-0.1, -0.05) is 30.3 Å². The number of carbonyl (C=O) groups is 3. The average molecular weight is 391 g/mol. The third-order valence-electron chi connectivity index (χ3n) is 6.72. The monoisotopic (exact) mass is 391 g/mol. The van der Waals surface area contributed by atoms with E-state index in [9.17, 15) is 14.4 Å². The van der Waals surface area contributed by atoms with Crippen molar-refractivity contribution in [3.05, 3.63) is 60.2 Å². The van der Waals surface area contributed by atoms with Crippen LogP contribution in [0, 0.1) is 11.8 Å². The molecule has 0 aromatic heterocycles. The Morgan fingerprint density at radius 2 is 1.69 bits per heavy atom. The molecule has 3 aliphatic rings. The third-order valence-corrected chi connectivity index (χ3v) is 6.72. The highest BCUT2D eigenvalue weighted by Crippen LogP contribution is 2.40. The highest BCUT2D eigenvalue weighted by molar-refractivity contribution is 6.24. The van der Waals surface area contributed by atoms with E-state index in [1.165, 1.54) is 4.90 Å². The van der Waals surface area contributed by atoms with Gasteiger partial charge in [-0.05, 0) is 24.3 Å². The van der Waals surface area contributed by atoms with Gasteiger partial charge in [-0.15, -0.1) is 0 Å². The Morgan fingerprint density at radius 3 is 2.38 bits per heavy atom. The summed E-state index contributed by atoms with van der Waals surface area (Å²) in [7, 11) is 1.57. The topological polar surface area (TPSA) is 68.1 Å². The molecule has 5 rings (SSSR count). The predicted molar refractivity (Wildman–Crippen MR) is 106 cm³/mol. The first kappa shape index (κ1) is 18.1. The Bertz CT molecular complexity index is 972. The molecule has 3 saturated heterocycles. The van der Waals surface area contributed by atoms with E-state index in [0.29, 0.717) is 17.0 Å². The lowest BCUT2D eigenvalue weighted by Gasteiger charge is -2.25. The summed E-state index contributed by atoms with van der Waals surface area (Å²) in [6.45, 7) is 0.837. The van der Waals surface area contributed by atoms with Crippen LogP contribution in [-0.2, 0) is 9.59 Å².